The van der Waals surface area contributed by atoms with Gasteiger partial charge < -0.3 is 4.42 Å². The summed E-state index contributed by atoms with van der Waals surface area (Å²) in [7, 11) is -3.83. The second-order valence-corrected chi connectivity index (χ2v) is 7.91. The van der Waals surface area contributed by atoms with Crippen molar-refractivity contribution in [3.05, 3.63) is 58.4 Å². The van der Waals surface area contributed by atoms with Gasteiger partial charge in [0.25, 0.3) is 0 Å². The predicted molar refractivity (Wildman–Crippen MR) is 87.2 cm³/mol. The van der Waals surface area contributed by atoms with E-state index in [9.17, 15) is 13.7 Å². The second-order valence-electron chi connectivity index (χ2n) is 6.00. The smallest absolute Gasteiger partial charge is 0.216 e. The summed E-state index contributed by atoms with van der Waals surface area (Å²) in [5, 5.41) is 9.27. The first kappa shape index (κ1) is 15.6. The fourth-order valence-electron chi connectivity index (χ4n) is 2.51. The Morgan fingerprint density at radius 3 is 2.48 bits per heavy atom. The van der Waals surface area contributed by atoms with Gasteiger partial charge in [-0.05, 0) is 43.5 Å². The van der Waals surface area contributed by atoms with E-state index in [0.29, 0.717) is 17.6 Å². The predicted octanol–water partition coefficient (Wildman–Crippen LogP) is 4.05. The molecule has 5 heteroatoms. The van der Waals surface area contributed by atoms with Crippen LogP contribution in [0.4, 0.5) is 0 Å². The fraction of sp³-hybridized carbons (Fsp3) is 0.278. The third-order valence-corrected chi connectivity index (χ3v) is 5.81. The number of hydrogen-bond donors (Lipinski definition) is 0. The topological polar surface area (TPSA) is 71.1 Å². The molecule has 0 aliphatic heterocycles. The summed E-state index contributed by atoms with van der Waals surface area (Å²) >= 11 is 0. The molecule has 1 fully saturated rings. The molecule has 0 spiro atoms. The third-order valence-electron chi connectivity index (χ3n) is 4.13. The van der Waals surface area contributed by atoms with Gasteiger partial charge in [-0.3, -0.25) is 0 Å². The van der Waals surface area contributed by atoms with Crippen LogP contribution < -0.4 is 0 Å². The van der Waals surface area contributed by atoms with E-state index in [2.05, 4.69) is 6.92 Å². The van der Waals surface area contributed by atoms with Crippen LogP contribution in [-0.2, 0) is 9.84 Å². The number of allylic oxidation sites excluding steroid dienone is 1. The minimum absolute atomic E-state index is 0.110. The summed E-state index contributed by atoms with van der Waals surface area (Å²) in [6, 6.07) is 11.8. The molecular formula is C18H17NO3S. The van der Waals surface area contributed by atoms with Crippen LogP contribution in [0.1, 0.15) is 36.3 Å². The first-order valence-corrected chi connectivity index (χ1v) is 8.93. The summed E-state index contributed by atoms with van der Waals surface area (Å²) in [5.74, 6) is 2.27. The Morgan fingerprint density at radius 1 is 1.26 bits per heavy atom. The molecule has 1 saturated carbocycles. The van der Waals surface area contributed by atoms with Gasteiger partial charge in [0.1, 0.15) is 17.6 Å². The average Bonchev–Trinajstić information content (AvgIpc) is 3.07. The lowest BCUT2D eigenvalue weighted by Crippen LogP contribution is -2.03. The minimum Gasteiger partial charge on any atom is -0.461 e. The molecule has 2 atom stereocenters. The quantitative estimate of drug-likeness (QED) is 0.794. The maximum Gasteiger partial charge on any atom is 0.216 e. The molecular weight excluding hydrogens is 310 g/mol. The number of aryl methyl sites for hydroxylation is 1. The lowest BCUT2D eigenvalue weighted by atomic mass is 10.2. The molecule has 2 aromatic rings. The third kappa shape index (κ3) is 3.08. The van der Waals surface area contributed by atoms with Crippen molar-refractivity contribution in [1.29, 1.82) is 5.26 Å². The van der Waals surface area contributed by atoms with Crippen molar-refractivity contribution in [3.63, 3.8) is 0 Å². The van der Waals surface area contributed by atoms with Gasteiger partial charge in [0.05, 0.1) is 4.90 Å². The summed E-state index contributed by atoms with van der Waals surface area (Å²) in [4.78, 5) is -0.204. The van der Waals surface area contributed by atoms with Crippen LogP contribution >= 0.6 is 0 Å². The minimum atomic E-state index is -3.83. The van der Waals surface area contributed by atoms with Crippen LogP contribution in [-0.4, -0.2) is 8.42 Å². The molecule has 1 aromatic carbocycles. The van der Waals surface area contributed by atoms with Crippen LogP contribution in [0.2, 0.25) is 0 Å². The van der Waals surface area contributed by atoms with Crippen molar-refractivity contribution in [2.45, 2.75) is 31.1 Å². The Bertz CT molecular complexity index is 898. The van der Waals surface area contributed by atoms with Crippen molar-refractivity contribution in [2.75, 3.05) is 0 Å². The molecule has 1 aromatic heterocycles. The van der Waals surface area contributed by atoms with E-state index in [4.69, 9.17) is 4.42 Å². The monoisotopic (exact) mass is 327 g/mol. The van der Waals surface area contributed by atoms with Crippen LogP contribution in [0.15, 0.2) is 50.6 Å². The van der Waals surface area contributed by atoms with Crippen molar-refractivity contribution >= 4 is 15.9 Å². The van der Waals surface area contributed by atoms with E-state index >= 15 is 0 Å². The Hall–Kier alpha value is -2.32. The average molecular weight is 327 g/mol. The maximum absolute atomic E-state index is 12.6. The molecule has 1 heterocycles. The Morgan fingerprint density at radius 2 is 1.91 bits per heavy atom. The van der Waals surface area contributed by atoms with Gasteiger partial charge in [-0.1, -0.05) is 24.6 Å². The summed E-state index contributed by atoms with van der Waals surface area (Å²) in [5.41, 5.74) is 0.959. The van der Waals surface area contributed by atoms with Crippen LogP contribution in [0, 0.1) is 24.2 Å². The van der Waals surface area contributed by atoms with E-state index in [1.807, 2.05) is 13.0 Å². The zero-order valence-electron chi connectivity index (χ0n) is 13.0. The molecule has 0 amide bonds. The number of furan rings is 1. The van der Waals surface area contributed by atoms with E-state index < -0.39 is 9.84 Å². The Kier molecular flexibility index (Phi) is 3.87. The number of benzene rings is 1. The Balaban J connectivity index is 1.93. The van der Waals surface area contributed by atoms with Gasteiger partial charge in [0.15, 0.2) is 4.91 Å². The molecule has 23 heavy (non-hydrogen) atoms. The van der Waals surface area contributed by atoms with Crippen molar-refractivity contribution in [2.24, 2.45) is 5.92 Å². The second kappa shape index (κ2) is 5.71. The zero-order chi connectivity index (χ0) is 16.6. The fourth-order valence-corrected chi connectivity index (χ4v) is 3.65. The number of sulfone groups is 1. The zero-order valence-corrected chi connectivity index (χ0v) is 13.8. The first-order valence-electron chi connectivity index (χ1n) is 7.45. The van der Waals surface area contributed by atoms with Crippen molar-refractivity contribution in [3.8, 4) is 6.07 Å². The van der Waals surface area contributed by atoms with Crippen LogP contribution in [0.3, 0.4) is 0 Å². The van der Waals surface area contributed by atoms with Gasteiger partial charge in [0, 0.05) is 12.0 Å². The molecule has 4 nitrogen and oxygen atoms in total. The van der Waals surface area contributed by atoms with Crippen molar-refractivity contribution < 1.29 is 12.8 Å². The lowest BCUT2D eigenvalue weighted by Gasteiger charge is -2.03. The van der Waals surface area contributed by atoms with E-state index in [1.54, 1.807) is 24.3 Å². The van der Waals surface area contributed by atoms with Gasteiger partial charge in [-0.15, -0.1) is 0 Å². The molecule has 0 saturated heterocycles. The van der Waals surface area contributed by atoms with Crippen LogP contribution in [0.25, 0.3) is 6.08 Å². The standard InChI is InChI=1S/C18H17NO3S/c1-12-3-6-15(7-4-12)23(20,21)16(11-19)10-14-5-8-18(22-14)17-9-13(17)2/h3-8,10,13,17H,9H2,1-2H3/b16-10+/t13-,17-/m0/s1. The summed E-state index contributed by atoms with van der Waals surface area (Å²) in [6.45, 7) is 4.02. The van der Waals surface area contributed by atoms with E-state index in [1.165, 1.54) is 18.2 Å². The van der Waals surface area contributed by atoms with Gasteiger partial charge in [0.2, 0.25) is 9.84 Å². The molecule has 0 bridgehead atoms. The van der Waals surface area contributed by atoms with Gasteiger partial charge >= 0.3 is 0 Å². The largest absolute Gasteiger partial charge is 0.461 e. The van der Waals surface area contributed by atoms with E-state index in [-0.39, 0.29) is 9.80 Å². The number of nitriles is 1. The summed E-state index contributed by atoms with van der Waals surface area (Å²) < 4.78 is 30.8. The summed E-state index contributed by atoms with van der Waals surface area (Å²) in [6.07, 6.45) is 2.38. The molecule has 3 rings (SSSR count). The Labute approximate surface area is 136 Å². The molecule has 118 valence electrons. The number of hydrogen-bond acceptors (Lipinski definition) is 4. The highest BCUT2D eigenvalue weighted by Gasteiger charge is 2.36. The first-order chi connectivity index (χ1) is 10.9. The lowest BCUT2D eigenvalue weighted by molar-refractivity contribution is 0.497. The number of rotatable bonds is 4. The van der Waals surface area contributed by atoms with Crippen molar-refractivity contribution in [1.82, 2.24) is 0 Å². The van der Waals surface area contributed by atoms with Gasteiger partial charge in [-0.25, -0.2) is 8.42 Å². The normalized spacial score (nSPS) is 21.0. The SMILES string of the molecule is Cc1ccc(S(=O)(=O)/C(C#N)=C/c2ccc([C@H]3C[C@@H]3C)o2)cc1. The van der Waals surface area contributed by atoms with Crippen LogP contribution in [0.5, 0.6) is 0 Å². The molecule has 0 N–H and O–H groups in total. The molecule has 1 aliphatic rings. The highest BCUT2D eigenvalue weighted by molar-refractivity contribution is 7.95. The highest BCUT2D eigenvalue weighted by atomic mass is 32.2. The molecule has 0 radical (unpaired) electrons. The van der Waals surface area contributed by atoms with E-state index in [0.717, 1.165) is 17.7 Å². The highest BCUT2D eigenvalue weighted by Crippen LogP contribution is 2.47. The molecule has 0 unspecified atom stereocenters. The number of nitrogens with zero attached hydrogens (tertiary/aromatic N) is 1. The van der Waals surface area contributed by atoms with Gasteiger partial charge in [-0.2, -0.15) is 5.26 Å². The molecule has 1 aliphatic carbocycles. The maximum atomic E-state index is 12.6.